The highest BCUT2D eigenvalue weighted by molar-refractivity contribution is 5.66. The molecule has 8 atom stereocenters. The van der Waals surface area contributed by atoms with Crippen LogP contribution in [0.4, 0.5) is 0 Å². The van der Waals surface area contributed by atoms with Gasteiger partial charge in [-0.3, -0.25) is 4.79 Å². The van der Waals surface area contributed by atoms with Gasteiger partial charge in [0.2, 0.25) is 0 Å². The van der Waals surface area contributed by atoms with Crippen molar-refractivity contribution in [1.82, 2.24) is 0 Å². The third kappa shape index (κ3) is 4.69. The first-order valence-corrected chi connectivity index (χ1v) is 12.1. The van der Waals surface area contributed by atoms with Crippen molar-refractivity contribution in [3.8, 4) is 0 Å². The quantitative estimate of drug-likeness (QED) is 0.595. The summed E-state index contributed by atoms with van der Waals surface area (Å²) in [6.07, 6.45) is 11.7. The Morgan fingerprint density at radius 3 is 2.31 bits per heavy atom. The average molecular weight is 409 g/mol. The molecule has 0 radical (unpaired) electrons. The summed E-state index contributed by atoms with van der Waals surface area (Å²) in [4.78, 5) is 9.90. The van der Waals surface area contributed by atoms with Crippen molar-refractivity contribution in [3.63, 3.8) is 0 Å². The lowest BCUT2D eigenvalue weighted by molar-refractivity contribution is -0.167. The molecule has 4 fully saturated rings. The van der Waals surface area contributed by atoms with Gasteiger partial charge in [-0.25, -0.2) is 0 Å². The second-order valence-electron chi connectivity index (χ2n) is 11.6. The zero-order valence-corrected chi connectivity index (χ0v) is 19.1. The highest BCUT2D eigenvalue weighted by Gasteiger charge is 2.60. The smallest absolute Gasteiger partial charge is 0.303 e. The van der Waals surface area contributed by atoms with Crippen LogP contribution in [0.2, 0.25) is 0 Å². The van der Waals surface area contributed by atoms with E-state index in [2.05, 4.69) is 13.8 Å². The maximum Gasteiger partial charge on any atom is 0.303 e. The molecule has 0 spiro atoms. The van der Waals surface area contributed by atoms with Crippen molar-refractivity contribution in [2.45, 2.75) is 111 Å². The summed E-state index contributed by atoms with van der Waals surface area (Å²) in [7, 11) is 0. The van der Waals surface area contributed by atoms with Crippen molar-refractivity contribution in [3.05, 3.63) is 0 Å². The van der Waals surface area contributed by atoms with Crippen LogP contribution >= 0.6 is 0 Å². The van der Waals surface area contributed by atoms with E-state index in [4.69, 9.17) is 5.11 Å². The minimum atomic E-state index is -0.696. The fourth-order valence-corrected chi connectivity index (χ4v) is 7.68. The van der Waals surface area contributed by atoms with Crippen LogP contribution < -0.4 is 0 Å². The molecule has 4 aliphatic carbocycles. The van der Waals surface area contributed by atoms with E-state index in [0.29, 0.717) is 23.7 Å². The van der Waals surface area contributed by atoms with Crippen LogP contribution in [-0.2, 0) is 4.79 Å². The zero-order valence-electron chi connectivity index (χ0n) is 19.1. The normalized spacial score (nSPS) is 46.2. The summed E-state index contributed by atoms with van der Waals surface area (Å²) in [5, 5.41) is 29.0. The molecule has 4 heteroatoms. The molecule has 0 saturated heterocycles. The minimum absolute atomic E-state index is 0.172. The summed E-state index contributed by atoms with van der Waals surface area (Å²) < 4.78 is 0. The topological polar surface area (TPSA) is 77.8 Å². The molecule has 4 saturated carbocycles. The second kappa shape index (κ2) is 8.86. The average Bonchev–Trinajstić information content (AvgIpc) is 3.04. The van der Waals surface area contributed by atoms with Crippen molar-refractivity contribution in [1.29, 1.82) is 0 Å². The van der Waals surface area contributed by atoms with Gasteiger partial charge in [-0.15, -0.1) is 0 Å². The summed E-state index contributed by atoms with van der Waals surface area (Å²) in [6, 6.07) is 0. The number of fused-ring (bicyclic) bond motifs is 5. The Kier molecular flexibility index (Phi) is 7.05. The summed E-state index contributed by atoms with van der Waals surface area (Å²) in [5.41, 5.74) is 0.851. The molecular weight excluding hydrogens is 364 g/mol. The van der Waals surface area contributed by atoms with Crippen molar-refractivity contribution >= 4 is 5.97 Å². The molecule has 0 aromatic carbocycles. The maximum atomic E-state index is 10.8. The zero-order chi connectivity index (χ0) is 21.4. The molecule has 0 bridgehead atoms. The molecule has 29 heavy (non-hydrogen) atoms. The van der Waals surface area contributed by atoms with Crippen LogP contribution in [0.3, 0.4) is 0 Å². The van der Waals surface area contributed by atoms with E-state index in [1.165, 1.54) is 32.1 Å². The van der Waals surface area contributed by atoms with Gasteiger partial charge in [0, 0.05) is 6.42 Å². The molecule has 3 N–H and O–H groups in total. The lowest BCUT2D eigenvalue weighted by atomic mass is 9.44. The molecule has 4 aliphatic rings. The number of carboxylic acids is 1. The van der Waals surface area contributed by atoms with Gasteiger partial charge in [0.1, 0.15) is 0 Å². The van der Waals surface area contributed by atoms with E-state index in [0.717, 1.165) is 49.9 Å². The van der Waals surface area contributed by atoms with Crippen LogP contribution in [0, 0.1) is 40.4 Å². The van der Waals surface area contributed by atoms with Gasteiger partial charge in [0.25, 0.3) is 0 Å². The number of hydrogen-bond donors (Lipinski definition) is 3. The summed E-state index contributed by atoms with van der Waals surface area (Å²) in [5.74, 6) is 2.56. The van der Waals surface area contributed by atoms with Crippen molar-refractivity contribution in [2.24, 2.45) is 40.4 Å². The van der Waals surface area contributed by atoms with E-state index in [1.807, 2.05) is 13.8 Å². The van der Waals surface area contributed by atoms with Crippen LogP contribution in [0.15, 0.2) is 0 Å². The summed E-state index contributed by atoms with van der Waals surface area (Å²) >= 11 is 0. The van der Waals surface area contributed by atoms with Gasteiger partial charge in [-0.05, 0) is 98.2 Å². The molecule has 8 unspecified atom stereocenters. The largest absolute Gasteiger partial charge is 0.481 e. The second-order valence-corrected chi connectivity index (χ2v) is 11.6. The SMILES string of the molecule is CC(C)CCC(=O)O.CC12CCCC1C1CC(O)C3CC(O)CCC3(C)C1CC2. The predicted octanol–water partition coefficient (Wildman–Crippen LogP) is 5.26. The minimum Gasteiger partial charge on any atom is -0.481 e. The third-order valence-electron chi connectivity index (χ3n) is 9.37. The molecule has 0 aromatic heterocycles. The fraction of sp³-hybridized carbons (Fsp3) is 0.960. The first kappa shape index (κ1) is 23.1. The molecule has 0 aromatic rings. The Morgan fingerprint density at radius 1 is 0.966 bits per heavy atom. The lowest BCUT2D eigenvalue weighted by Gasteiger charge is -2.61. The Morgan fingerprint density at radius 2 is 1.69 bits per heavy atom. The molecular formula is C25H44O4. The number of rotatable bonds is 3. The molecule has 4 rings (SSSR count). The molecule has 0 heterocycles. The molecule has 4 nitrogen and oxygen atoms in total. The lowest BCUT2D eigenvalue weighted by Crippen LogP contribution is -2.57. The number of aliphatic carboxylic acids is 1. The van der Waals surface area contributed by atoms with Gasteiger partial charge in [0.05, 0.1) is 12.2 Å². The summed E-state index contributed by atoms with van der Waals surface area (Å²) in [6.45, 7) is 9.00. The van der Waals surface area contributed by atoms with Crippen molar-refractivity contribution < 1.29 is 20.1 Å². The van der Waals surface area contributed by atoms with Crippen LogP contribution in [0.5, 0.6) is 0 Å². The highest BCUT2D eigenvalue weighted by Crippen LogP contribution is 2.66. The number of aliphatic hydroxyl groups excluding tert-OH is 2. The van der Waals surface area contributed by atoms with Crippen LogP contribution in [0.1, 0.15) is 98.3 Å². The van der Waals surface area contributed by atoms with E-state index in [1.54, 1.807) is 0 Å². The van der Waals surface area contributed by atoms with Gasteiger partial charge < -0.3 is 15.3 Å². The van der Waals surface area contributed by atoms with Gasteiger partial charge in [0.15, 0.2) is 0 Å². The Bertz CT molecular complexity index is 575. The number of carboxylic acid groups (broad SMARTS) is 1. The first-order chi connectivity index (χ1) is 13.6. The standard InChI is InChI=1S/C19H32O2.C6H12O2/c1-18-7-3-4-14(18)13-11-17(21)16-10-12(20)5-9-19(16,2)15(13)6-8-18;1-5(2)3-4-6(7)8/h12-17,20-21H,3-11H2,1-2H3;5H,3-4H2,1-2H3,(H,7,8). The third-order valence-corrected chi connectivity index (χ3v) is 9.37. The molecule has 168 valence electrons. The van der Waals surface area contributed by atoms with E-state index in [-0.39, 0.29) is 17.6 Å². The number of hydrogen-bond acceptors (Lipinski definition) is 3. The predicted molar refractivity (Wildman–Crippen MR) is 115 cm³/mol. The number of carbonyl (C=O) groups is 1. The monoisotopic (exact) mass is 408 g/mol. The van der Waals surface area contributed by atoms with Gasteiger partial charge >= 0.3 is 5.97 Å². The van der Waals surface area contributed by atoms with E-state index < -0.39 is 5.97 Å². The number of aliphatic hydroxyl groups is 2. The Balaban J connectivity index is 0.000000258. The van der Waals surface area contributed by atoms with E-state index >= 15 is 0 Å². The van der Waals surface area contributed by atoms with Crippen molar-refractivity contribution in [2.75, 3.05) is 0 Å². The maximum absolute atomic E-state index is 10.8. The highest BCUT2D eigenvalue weighted by atomic mass is 16.4. The van der Waals surface area contributed by atoms with E-state index in [9.17, 15) is 15.0 Å². The van der Waals surface area contributed by atoms with Gasteiger partial charge in [-0.2, -0.15) is 0 Å². The molecule has 0 aliphatic heterocycles. The van der Waals surface area contributed by atoms with Crippen LogP contribution in [-0.4, -0.2) is 33.5 Å². The van der Waals surface area contributed by atoms with Crippen LogP contribution in [0.25, 0.3) is 0 Å². The first-order valence-electron chi connectivity index (χ1n) is 12.1. The Hall–Kier alpha value is -0.610. The Labute approximate surface area is 177 Å². The van der Waals surface area contributed by atoms with Gasteiger partial charge in [-0.1, -0.05) is 34.1 Å². The molecule has 0 amide bonds. The fourth-order valence-electron chi connectivity index (χ4n) is 7.68.